The van der Waals surface area contributed by atoms with Gasteiger partial charge >= 0.3 is 0 Å². The molecule has 3 nitrogen and oxygen atoms in total. The lowest BCUT2D eigenvalue weighted by Gasteiger charge is -2.07. The first-order valence-corrected chi connectivity index (χ1v) is 5.75. The van der Waals surface area contributed by atoms with Crippen molar-refractivity contribution < 1.29 is 9.59 Å². The van der Waals surface area contributed by atoms with Crippen molar-refractivity contribution in [3.63, 3.8) is 0 Å². The van der Waals surface area contributed by atoms with Gasteiger partial charge in [-0.2, -0.15) is 0 Å². The number of likely N-dealkylation sites (N-methyl/N-ethyl adjacent to an activating group) is 1. The number of hydrogen-bond acceptors (Lipinski definition) is 3. The number of carbonyl (C=O) groups excluding carboxylic acids is 2. The van der Waals surface area contributed by atoms with Crippen LogP contribution in [0.4, 0.5) is 0 Å². The lowest BCUT2D eigenvalue weighted by Crippen LogP contribution is -2.25. The van der Waals surface area contributed by atoms with Crippen LogP contribution in [0.1, 0.15) is 0 Å². The van der Waals surface area contributed by atoms with Gasteiger partial charge in [-0.05, 0) is 12.1 Å². The maximum Gasteiger partial charge on any atom is 0.267 e. The van der Waals surface area contributed by atoms with Gasteiger partial charge < -0.3 is 0 Å². The zero-order valence-electron chi connectivity index (χ0n) is 8.44. The molecule has 1 aliphatic rings. The SMILES string of the molecule is CN1C(=O)C=C(Sc2ccccc2Cl)C1=O. The Morgan fingerprint density at radius 3 is 2.50 bits per heavy atom. The number of halogens is 1. The lowest BCUT2D eigenvalue weighted by molar-refractivity contribution is -0.135. The fourth-order valence-corrected chi connectivity index (χ4v) is 2.44. The standard InChI is InChI=1S/C11H8ClNO2S/c1-13-10(14)6-9(11(13)15)16-8-5-3-2-4-7(8)12/h2-6H,1H3. The Hall–Kier alpha value is -1.26. The average Bonchev–Trinajstić information content (AvgIpc) is 2.50. The van der Waals surface area contributed by atoms with E-state index in [1.807, 2.05) is 18.2 Å². The van der Waals surface area contributed by atoms with Crippen LogP contribution in [-0.2, 0) is 9.59 Å². The number of amides is 2. The summed E-state index contributed by atoms with van der Waals surface area (Å²) in [5, 5.41) is 0.572. The summed E-state index contributed by atoms with van der Waals surface area (Å²) in [4.78, 5) is 25.1. The first kappa shape index (κ1) is 11.2. The van der Waals surface area contributed by atoms with Crippen LogP contribution in [0.3, 0.4) is 0 Å². The summed E-state index contributed by atoms with van der Waals surface area (Å²) in [6.45, 7) is 0. The molecule has 0 spiro atoms. The quantitative estimate of drug-likeness (QED) is 0.759. The van der Waals surface area contributed by atoms with Crippen molar-refractivity contribution in [2.24, 2.45) is 0 Å². The topological polar surface area (TPSA) is 37.4 Å². The number of thioether (sulfide) groups is 1. The predicted molar refractivity (Wildman–Crippen MR) is 63.2 cm³/mol. The number of benzene rings is 1. The summed E-state index contributed by atoms with van der Waals surface area (Å²) in [6, 6.07) is 7.20. The second-order valence-corrected chi connectivity index (χ2v) is 4.73. The molecule has 0 saturated carbocycles. The average molecular weight is 254 g/mol. The Balaban J connectivity index is 2.24. The van der Waals surface area contributed by atoms with Crippen LogP contribution in [-0.4, -0.2) is 23.8 Å². The van der Waals surface area contributed by atoms with E-state index in [2.05, 4.69) is 0 Å². The summed E-state index contributed by atoms with van der Waals surface area (Å²) in [5.74, 6) is -0.575. The molecule has 0 unspecified atom stereocenters. The smallest absolute Gasteiger partial charge is 0.267 e. The van der Waals surface area contributed by atoms with E-state index >= 15 is 0 Å². The van der Waals surface area contributed by atoms with Gasteiger partial charge in [-0.15, -0.1) is 0 Å². The number of carbonyl (C=O) groups is 2. The highest BCUT2D eigenvalue weighted by Gasteiger charge is 2.28. The van der Waals surface area contributed by atoms with Gasteiger partial charge in [0.1, 0.15) is 0 Å². The third kappa shape index (κ3) is 1.99. The Labute approximate surface area is 102 Å². The Bertz CT molecular complexity index is 499. The Morgan fingerprint density at radius 1 is 1.25 bits per heavy atom. The molecule has 0 aromatic heterocycles. The molecule has 0 fully saturated rings. The first-order valence-electron chi connectivity index (χ1n) is 4.55. The molecule has 2 amide bonds. The fraction of sp³-hybridized carbons (Fsp3) is 0.0909. The summed E-state index contributed by atoms with van der Waals surface area (Å²) in [6.07, 6.45) is 1.33. The molecule has 1 aromatic carbocycles. The van der Waals surface area contributed by atoms with Gasteiger partial charge in [-0.25, -0.2) is 0 Å². The molecule has 16 heavy (non-hydrogen) atoms. The zero-order valence-corrected chi connectivity index (χ0v) is 10.0. The van der Waals surface area contributed by atoms with E-state index in [1.54, 1.807) is 6.07 Å². The van der Waals surface area contributed by atoms with E-state index in [0.717, 1.165) is 9.80 Å². The maximum atomic E-state index is 11.6. The molecule has 2 rings (SSSR count). The van der Waals surface area contributed by atoms with Gasteiger partial charge in [-0.1, -0.05) is 35.5 Å². The Kier molecular flexibility index (Phi) is 3.03. The van der Waals surface area contributed by atoms with Crippen molar-refractivity contribution in [3.05, 3.63) is 40.3 Å². The summed E-state index contributed by atoms with van der Waals surface area (Å²) in [7, 11) is 1.46. The zero-order chi connectivity index (χ0) is 11.7. The Morgan fingerprint density at radius 2 is 1.94 bits per heavy atom. The minimum Gasteiger partial charge on any atom is -0.278 e. The van der Waals surface area contributed by atoms with Crippen LogP contribution in [0.25, 0.3) is 0 Å². The van der Waals surface area contributed by atoms with Crippen molar-refractivity contribution >= 4 is 35.2 Å². The van der Waals surface area contributed by atoms with Gasteiger partial charge in [0.05, 0.1) is 9.93 Å². The van der Waals surface area contributed by atoms with Crippen LogP contribution < -0.4 is 0 Å². The van der Waals surface area contributed by atoms with Gasteiger partial charge in [0.25, 0.3) is 11.8 Å². The second kappa shape index (κ2) is 4.31. The third-order valence-corrected chi connectivity index (χ3v) is 3.69. The maximum absolute atomic E-state index is 11.6. The molecule has 0 aliphatic carbocycles. The van der Waals surface area contributed by atoms with E-state index in [4.69, 9.17) is 11.6 Å². The van der Waals surface area contributed by atoms with E-state index < -0.39 is 0 Å². The minimum absolute atomic E-state index is 0.282. The monoisotopic (exact) mass is 253 g/mol. The van der Waals surface area contributed by atoms with E-state index in [9.17, 15) is 9.59 Å². The van der Waals surface area contributed by atoms with Gasteiger partial charge in [0, 0.05) is 18.0 Å². The number of hydrogen-bond donors (Lipinski definition) is 0. The van der Waals surface area contributed by atoms with Crippen molar-refractivity contribution in [1.29, 1.82) is 0 Å². The van der Waals surface area contributed by atoms with E-state index in [1.165, 1.54) is 24.9 Å². The summed E-state index contributed by atoms with van der Waals surface area (Å²) in [5.41, 5.74) is 0. The van der Waals surface area contributed by atoms with Crippen molar-refractivity contribution in [1.82, 2.24) is 4.90 Å². The molecule has 5 heteroatoms. The molecule has 0 atom stereocenters. The number of rotatable bonds is 2. The molecule has 1 aromatic rings. The van der Waals surface area contributed by atoms with Crippen LogP contribution in [0.2, 0.25) is 5.02 Å². The van der Waals surface area contributed by atoms with Crippen LogP contribution in [0.15, 0.2) is 40.1 Å². The van der Waals surface area contributed by atoms with E-state index in [0.29, 0.717) is 9.93 Å². The van der Waals surface area contributed by atoms with Gasteiger partial charge in [0.15, 0.2) is 0 Å². The highest BCUT2D eigenvalue weighted by molar-refractivity contribution is 8.04. The minimum atomic E-state index is -0.292. The number of nitrogens with zero attached hydrogens (tertiary/aromatic N) is 1. The first-order chi connectivity index (χ1) is 7.59. The third-order valence-electron chi connectivity index (χ3n) is 2.16. The molecule has 0 N–H and O–H groups in total. The molecule has 0 saturated heterocycles. The number of imide groups is 1. The van der Waals surface area contributed by atoms with Crippen molar-refractivity contribution in [2.75, 3.05) is 7.05 Å². The second-order valence-electron chi connectivity index (χ2n) is 3.24. The van der Waals surface area contributed by atoms with Crippen LogP contribution in [0.5, 0.6) is 0 Å². The highest BCUT2D eigenvalue weighted by Crippen LogP contribution is 2.34. The molecule has 0 bridgehead atoms. The van der Waals surface area contributed by atoms with Gasteiger partial charge in [-0.3, -0.25) is 14.5 Å². The summed E-state index contributed by atoms with van der Waals surface area (Å²) < 4.78 is 0. The molecule has 1 aliphatic heterocycles. The molecular formula is C11H8ClNO2S. The molecule has 1 heterocycles. The molecular weight excluding hydrogens is 246 g/mol. The summed E-state index contributed by atoms with van der Waals surface area (Å²) >= 11 is 7.18. The highest BCUT2D eigenvalue weighted by atomic mass is 35.5. The largest absolute Gasteiger partial charge is 0.278 e. The van der Waals surface area contributed by atoms with Crippen molar-refractivity contribution in [3.8, 4) is 0 Å². The molecule has 0 radical (unpaired) electrons. The van der Waals surface area contributed by atoms with Crippen molar-refractivity contribution in [2.45, 2.75) is 4.90 Å². The lowest BCUT2D eigenvalue weighted by atomic mass is 10.4. The fourth-order valence-electron chi connectivity index (χ4n) is 1.26. The molecule has 82 valence electrons. The normalized spacial score (nSPS) is 15.6. The van der Waals surface area contributed by atoms with E-state index in [-0.39, 0.29) is 11.8 Å². The van der Waals surface area contributed by atoms with Crippen LogP contribution in [0, 0.1) is 0 Å². The van der Waals surface area contributed by atoms with Crippen LogP contribution >= 0.6 is 23.4 Å². The van der Waals surface area contributed by atoms with Gasteiger partial charge in [0.2, 0.25) is 0 Å². The predicted octanol–water partition coefficient (Wildman–Crippen LogP) is 2.31.